The van der Waals surface area contributed by atoms with Gasteiger partial charge >= 0.3 is 0 Å². The number of hydrogen-bond acceptors (Lipinski definition) is 3. The van der Waals surface area contributed by atoms with Gasteiger partial charge in [0.25, 0.3) is 5.91 Å². The van der Waals surface area contributed by atoms with Crippen molar-refractivity contribution in [3.05, 3.63) is 35.4 Å². The zero-order chi connectivity index (χ0) is 13.0. The highest BCUT2D eigenvalue weighted by molar-refractivity contribution is 5.94. The van der Waals surface area contributed by atoms with E-state index in [-0.39, 0.29) is 5.91 Å². The number of likely N-dealkylation sites (tertiary alicyclic amines) is 1. The number of methoxy groups -OCH3 is 1. The Labute approximate surface area is 108 Å². The van der Waals surface area contributed by atoms with Crippen LogP contribution in [0.5, 0.6) is 0 Å². The molecule has 1 unspecified atom stereocenters. The van der Waals surface area contributed by atoms with Crippen molar-refractivity contribution in [1.82, 2.24) is 4.90 Å². The second-order valence-corrected chi connectivity index (χ2v) is 4.77. The van der Waals surface area contributed by atoms with Crippen molar-refractivity contribution < 1.29 is 9.53 Å². The van der Waals surface area contributed by atoms with Crippen LogP contribution in [0.3, 0.4) is 0 Å². The highest BCUT2D eigenvalue weighted by Gasteiger charge is 2.25. The lowest BCUT2D eigenvalue weighted by Crippen LogP contribution is -2.29. The molecule has 1 saturated heterocycles. The Morgan fingerprint density at radius 2 is 2.17 bits per heavy atom. The molecule has 0 aromatic heterocycles. The third kappa shape index (κ3) is 2.89. The Morgan fingerprint density at radius 1 is 1.44 bits per heavy atom. The van der Waals surface area contributed by atoms with Crippen molar-refractivity contribution in [2.75, 3.05) is 26.7 Å². The first-order valence-corrected chi connectivity index (χ1v) is 6.32. The molecule has 0 bridgehead atoms. The third-order valence-electron chi connectivity index (χ3n) is 3.42. The van der Waals surface area contributed by atoms with E-state index in [1.807, 2.05) is 29.2 Å². The van der Waals surface area contributed by atoms with E-state index in [4.69, 9.17) is 10.5 Å². The first-order valence-electron chi connectivity index (χ1n) is 6.32. The predicted octanol–water partition coefficient (Wildman–Crippen LogP) is 1.25. The molecule has 0 spiro atoms. The minimum atomic E-state index is 0.106. The van der Waals surface area contributed by atoms with E-state index in [1.54, 1.807) is 7.11 Å². The molecule has 4 nitrogen and oxygen atoms in total. The number of nitrogens with two attached hydrogens (primary N) is 1. The third-order valence-corrected chi connectivity index (χ3v) is 3.42. The molecule has 4 heteroatoms. The van der Waals surface area contributed by atoms with Crippen LogP contribution in [0.4, 0.5) is 0 Å². The summed E-state index contributed by atoms with van der Waals surface area (Å²) >= 11 is 0. The lowest BCUT2D eigenvalue weighted by molar-refractivity contribution is 0.0787. The number of benzene rings is 1. The summed E-state index contributed by atoms with van der Waals surface area (Å²) in [6, 6.07) is 7.61. The highest BCUT2D eigenvalue weighted by atomic mass is 16.5. The van der Waals surface area contributed by atoms with Crippen LogP contribution < -0.4 is 5.73 Å². The number of carbonyl (C=O) groups excluding carboxylic acids is 1. The van der Waals surface area contributed by atoms with Crippen molar-refractivity contribution in [3.8, 4) is 0 Å². The molecule has 1 aromatic carbocycles. The van der Waals surface area contributed by atoms with Gasteiger partial charge in [-0.25, -0.2) is 0 Å². The van der Waals surface area contributed by atoms with Crippen molar-refractivity contribution in [1.29, 1.82) is 0 Å². The monoisotopic (exact) mass is 248 g/mol. The fraction of sp³-hybridized carbons (Fsp3) is 0.500. The molecule has 1 aromatic rings. The second-order valence-electron chi connectivity index (χ2n) is 4.77. The van der Waals surface area contributed by atoms with Crippen molar-refractivity contribution in [2.24, 2.45) is 11.7 Å². The molecule has 1 heterocycles. The van der Waals surface area contributed by atoms with Gasteiger partial charge in [0.1, 0.15) is 0 Å². The van der Waals surface area contributed by atoms with Gasteiger partial charge in [0.05, 0.1) is 6.61 Å². The van der Waals surface area contributed by atoms with E-state index in [1.165, 1.54) is 0 Å². The van der Waals surface area contributed by atoms with E-state index in [9.17, 15) is 4.79 Å². The molecular weight excluding hydrogens is 228 g/mol. The van der Waals surface area contributed by atoms with E-state index < -0.39 is 0 Å². The maximum atomic E-state index is 12.2. The quantitative estimate of drug-likeness (QED) is 0.872. The number of hydrogen-bond donors (Lipinski definition) is 1. The Balaban J connectivity index is 2.00. The number of rotatable bonds is 4. The standard InChI is InChI=1S/C14H20N2O2/c1-18-10-11-2-4-13(5-3-11)14(17)16-7-6-12(8-15)9-16/h2-5,12H,6-10,15H2,1H3. The van der Waals surface area contributed by atoms with E-state index in [2.05, 4.69) is 0 Å². The molecule has 1 atom stereocenters. The molecular formula is C14H20N2O2. The molecule has 1 aliphatic heterocycles. The summed E-state index contributed by atoms with van der Waals surface area (Å²) in [5.74, 6) is 0.566. The summed E-state index contributed by atoms with van der Waals surface area (Å²) in [6.45, 7) is 2.85. The fourth-order valence-electron chi connectivity index (χ4n) is 2.30. The Morgan fingerprint density at radius 3 is 2.72 bits per heavy atom. The number of ether oxygens (including phenoxy) is 1. The van der Waals surface area contributed by atoms with Crippen LogP contribution in [-0.2, 0) is 11.3 Å². The molecule has 1 aliphatic rings. The van der Waals surface area contributed by atoms with E-state index >= 15 is 0 Å². The minimum Gasteiger partial charge on any atom is -0.380 e. The maximum Gasteiger partial charge on any atom is 0.253 e. The van der Waals surface area contributed by atoms with Crippen molar-refractivity contribution in [3.63, 3.8) is 0 Å². The number of nitrogens with zero attached hydrogens (tertiary/aromatic N) is 1. The highest BCUT2D eigenvalue weighted by Crippen LogP contribution is 2.18. The lowest BCUT2D eigenvalue weighted by atomic mass is 10.1. The summed E-state index contributed by atoms with van der Waals surface area (Å²) < 4.78 is 5.05. The Hall–Kier alpha value is -1.39. The largest absolute Gasteiger partial charge is 0.380 e. The average molecular weight is 248 g/mol. The lowest BCUT2D eigenvalue weighted by Gasteiger charge is -2.16. The summed E-state index contributed by atoms with van der Waals surface area (Å²) in [5.41, 5.74) is 7.46. The first-order chi connectivity index (χ1) is 8.74. The Kier molecular flexibility index (Phi) is 4.33. The molecule has 1 fully saturated rings. The van der Waals surface area contributed by atoms with Crippen LogP contribution >= 0.6 is 0 Å². The van der Waals surface area contributed by atoms with Gasteiger partial charge in [0, 0.05) is 25.8 Å². The molecule has 2 N–H and O–H groups in total. The zero-order valence-corrected chi connectivity index (χ0v) is 10.8. The van der Waals surface area contributed by atoms with Crippen LogP contribution in [0.1, 0.15) is 22.3 Å². The van der Waals surface area contributed by atoms with Gasteiger partial charge in [-0.1, -0.05) is 12.1 Å². The number of amides is 1. The van der Waals surface area contributed by atoms with Gasteiger partial charge in [-0.05, 0) is 36.6 Å². The summed E-state index contributed by atoms with van der Waals surface area (Å²) in [6.07, 6.45) is 1.02. The minimum absolute atomic E-state index is 0.106. The normalized spacial score (nSPS) is 19.2. The van der Waals surface area contributed by atoms with E-state index in [0.717, 1.165) is 30.6 Å². The van der Waals surface area contributed by atoms with Crippen molar-refractivity contribution in [2.45, 2.75) is 13.0 Å². The van der Waals surface area contributed by atoms with Crippen LogP contribution in [0.25, 0.3) is 0 Å². The average Bonchev–Trinajstić information content (AvgIpc) is 2.88. The van der Waals surface area contributed by atoms with Gasteiger partial charge in [-0.3, -0.25) is 4.79 Å². The molecule has 2 rings (SSSR count). The molecule has 1 amide bonds. The summed E-state index contributed by atoms with van der Waals surface area (Å²) in [5, 5.41) is 0. The smallest absolute Gasteiger partial charge is 0.253 e. The zero-order valence-electron chi connectivity index (χ0n) is 10.8. The van der Waals surface area contributed by atoms with Gasteiger partial charge in [0.2, 0.25) is 0 Å². The molecule has 98 valence electrons. The van der Waals surface area contributed by atoms with Gasteiger partial charge in [-0.15, -0.1) is 0 Å². The number of carbonyl (C=O) groups is 1. The SMILES string of the molecule is COCc1ccc(C(=O)N2CCC(CN)C2)cc1. The first kappa shape index (κ1) is 13.1. The fourth-order valence-corrected chi connectivity index (χ4v) is 2.30. The summed E-state index contributed by atoms with van der Waals surface area (Å²) in [7, 11) is 1.66. The predicted molar refractivity (Wildman–Crippen MR) is 70.2 cm³/mol. The van der Waals surface area contributed by atoms with Crippen molar-refractivity contribution >= 4 is 5.91 Å². The Bertz CT molecular complexity index is 403. The molecule has 0 saturated carbocycles. The van der Waals surface area contributed by atoms with Gasteiger partial charge < -0.3 is 15.4 Å². The van der Waals surface area contributed by atoms with E-state index in [0.29, 0.717) is 19.1 Å². The van der Waals surface area contributed by atoms with Gasteiger partial charge in [-0.2, -0.15) is 0 Å². The van der Waals surface area contributed by atoms with Crippen LogP contribution in [0, 0.1) is 5.92 Å². The topological polar surface area (TPSA) is 55.6 Å². The maximum absolute atomic E-state index is 12.2. The van der Waals surface area contributed by atoms with Gasteiger partial charge in [0.15, 0.2) is 0 Å². The molecule has 18 heavy (non-hydrogen) atoms. The summed E-state index contributed by atoms with van der Waals surface area (Å²) in [4.78, 5) is 14.1. The second kappa shape index (κ2) is 5.98. The van der Waals surface area contributed by atoms with Crippen LogP contribution in [-0.4, -0.2) is 37.6 Å². The van der Waals surface area contributed by atoms with Crippen LogP contribution in [0.15, 0.2) is 24.3 Å². The van der Waals surface area contributed by atoms with Crippen LogP contribution in [0.2, 0.25) is 0 Å². The molecule has 0 aliphatic carbocycles. The molecule has 0 radical (unpaired) electrons.